The molecule has 0 bridgehead atoms. The number of ether oxygens (including phenoxy) is 2. The number of thiophene rings is 1. The third-order valence-corrected chi connectivity index (χ3v) is 3.84. The van der Waals surface area contributed by atoms with Crippen molar-refractivity contribution in [3.05, 3.63) is 57.5 Å². The zero-order chi connectivity index (χ0) is 13.8. The van der Waals surface area contributed by atoms with Crippen LogP contribution in [0.2, 0.25) is 0 Å². The number of halogens is 1. The lowest BCUT2D eigenvalue weighted by molar-refractivity contribution is -0.106. The Morgan fingerprint density at radius 1 is 1.11 bits per heavy atom. The molecule has 2 aromatic rings. The van der Waals surface area contributed by atoms with Crippen LogP contribution < -0.4 is 0 Å². The molecule has 0 saturated heterocycles. The van der Waals surface area contributed by atoms with Crippen LogP contribution in [0.1, 0.15) is 28.4 Å². The van der Waals surface area contributed by atoms with Gasteiger partial charge in [-0.1, -0.05) is 18.2 Å². The summed E-state index contributed by atoms with van der Waals surface area (Å²) in [4.78, 5) is 0.624. The Hall–Kier alpha value is -1.27. The van der Waals surface area contributed by atoms with Gasteiger partial charge in [0.25, 0.3) is 0 Å². The molecule has 0 aliphatic rings. The van der Waals surface area contributed by atoms with E-state index in [0.29, 0.717) is 10.4 Å². The minimum absolute atomic E-state index is 0.247. The third kappa shape index (κ3) is 2.84. The van der Waals surface area contributed by atoms with E-state index in [1.54, 1.807) is 18.2 Å². The van der Waals surface area contributed by atoms with Gasteiger partial charge in [-0.3, -0.25) is 0 Å². The number of aliphatic hydroxyl groups excluding tert-OH is 1. The first-order valence-corrected chi connectivity index (χ1v) is 6.62. The smallest absolute Gasteiger partial charge is 0.184 e. The molecule has 3 nitrogen and oxygen atoms in total. The first kappa shape index (κ1) is 14.1. The molecular formula is C14H15FO3S. The van der Waals surface area contributed by atoms with Crippen LogP contribution in [-0.2, 0) is 9.47 Å². The van der Waals surface area contributed by atoms with Crippen molar-refractivity contribution in [1.82, 2.24) is 0 Å². The molecule has 2 rings (SSSR count). The monoisotopic (exact) mass is 282 g/mol. The van der Waals surface area contributed by atoms with Crippen LogP contribution in [0.25, 0.3) is 0 Å². The average molecular weight is 282 g/mol. The highest BCUT2D eigenvalue weighted by molar-refractivity contribution is 7.10. The third-order valence-electron chi connectivity index (χ3n) is 2.86. The molecule has 102 valence electrons. The molecule has 1 aromatic heterocycles. The Balaban J connectivity index is 2.37. The quantitative estimate of drug-likeness (QED) is 0.855. The van der Waals surface area contributed by atoms with Crippen LogP contribution in [-0.4, -0.2) is 19.3 Å². The van der Waals surface area contributed by atoms with Gasteiger partial charge in [-0.25, -0.2) is 4.39 Å². The van der Waals surface area contributed by atoms with Gasteiger partial charge >= 0.3 is 0 Å². The Morgan fingerprint density at radius 3 is 2.42 bits per heavy atom. The van der Waals surface area contributed by atoms with E-state index >= 15 is 0 Å². The molecule has 1 aromatic carbocycles. The first-order valence-electron chi connectivity index (χ1n) is 5.74. The van der Waals surface area contributed by atoms with E-state index < -0.39 is 18.2 Å². The maximum Gasteiger partial charge on any atom is 0.184 e. The summed E-state index contributed by atoms with van der Waals surface area (Å²) in [5.41, 5.74) is 0.961. The number of benzene rings is 1. The summed E-state index contributed by atoms with van der Waals surface area (Å²) in [6, 6.07) is 7.99. The lowest BCUT2D eigenvalue weighted by Gasteiger charge is -2.17. The van der Waals surface area contributed by atoms with Crippen LogP contribution in [0, 0.1) is 5.82 Å². The first-order chi connectivity index (χ1) is 9.19. The molecule has 1 heterocycles. The van der Waals surface area contributed by atoms with Crippen molar-refractivity contribution >= 4 is 11.3 Å². The van der Waals surface area contributed by atoms with E-state index in [-0.39, 0.29) is 5.56 Å². The van der Waals surface area contributed by atoms with Gasteiger partial charge in [-0.2, -0.15) is 0 Å². The normalized spacial score (nSPS) is 12.9. The SMILES string of the molecule is COC(OC)c1ccsc1C(O)c1ccccc1F. The summed E-state index contributed by atoms with van der Waals surface area (Å²) < 4.78 is 24.1. The summed E-state index contributed by atoms with van der Waals surface area (Å²) in [6.45, 7) is 0. The highest BCUT2D eigenvalue weighted by atomic mass is 32.1. The summed E-state index contributed by atoms with van der Waals surface area (Å²) in [5.74, 6) is -0.430. The fourth-order valence-electron chi connectivity index (χ4n) is 1.94. The van der Waals surface area contributed by atoms with E-state index in [1.165, 1.54) is 31.6 Å². The van der Waals surface area contributed by atoms with Gasteiger partial charge in [0, 0.05) is 30.2 Å². The summed E-state index contributed by atoms with van der Waals surface area (Å²) >= 11 is 1.34. The number of aliphatic hydroxyl groups is 1. The van der Waals surface area contributed by atoms with E-state index in [1.807, 2.05) is 11.4 Å². The van der Waals surface area contributed by atoms with Gasteiger partial charge in [0.1, 0.15) is 11.9 Å². The van der Waals surface area contributed by atoms with Crippen molar-refractivity contribution in [1.29, 1.82) is 0 Å². The summed E-state index contributed by atoms with van der Waals surface area (Å²) in [7, 11) is 3.04. The van der Waals surface area contributed by atoms with Crippen molar-refractivity contribution in [2.75, 3.05) is 14.2 Å². The number of hydrogen-bond acceptors (Lipinski definition) is 4. The predicted octanol–water partition coefficient (Wildman–Crippen LogP) is 3.26. The molecule has 19 heavy (non-hydrogen) atoms. The fourth-order valence-corrected chi connectivity index (χ4v) is 2.85. The maximum atomic E-state index is 13.7. The zero-order valence-electron chi connectivity index (χ0n) is 10.7. The fraction of sp³-hybridized carbons (Fsp3) is 0.286. The van der Waals surface area contributed by atoms with Gasteiger partial charge < -0.3 is 14.6 Å². The van der Waals surface area contributed by atoms with Crippen molar-refractivity contribution in [2.24, 2.45) is 0 Å². The second-order valence-electron chi connectivity index (χ2n) is 3.97. The minimum atomic E-state index is -1.02. The van der Waals surface area contributed by atoms with Gasteiger partial charge in [0.15, 0.2) is 6.29 Å². The molecule has 0 spiro atoms. The predicted molar refractivity (Wildman–Crippen MR) is 71.5 cm³/mol. The number of rotatable bonds is 5. The van der Waals surface area contributed by atoms with Gasteiger partial charge in [-0.15, -0.1) is 11.3 Å². The van der Waals surface area contributed by atoms with Crippen molar-refractivity contribution in [3.63, 3.8) is 0 Å². The average Bonchev–Trinajstić information content (AvgIpc) is 2.89. The molecule has 0 fully saturated rings. The second kappa shape index (κ2) is 6.25. The Kier molecular flexibility index (Phi) is 4.66. The van der Waals surface area contributed by atoms with Crippen LogP contribution in [0.3, 0.4) is 0 Å². The van der Waals surface area contributed by atoms with E-state index in [4.69, 9.17) is 9.47 Å². The lowest BCUT2D eigenvalue weighted by Crippen LogP contribution is -2.09. The molecule has 0 aliphatic carbocycles. The molecule has 0 aliphatic heterocycles. The van der Waals surface area contributed by atoms with E-state index in [2.05, 4.69) is 0 Å². The lowest BCUT2D eigenvalue weighted by atomic mass is 10.0. The largest absolute Gasteiger partial charge is 0.383 e. The number of methoxy groups -OCH3 is 2. The van der Waals surface area contributed by atoms with E-state index in [9.17, 15) is 9.50 Å². The molecule has 0 radical (unpaired) electrons. The Bertz CT molecular complexity index is 537. The molecule has 0 amide bonds. The van der Waals surface area contributed by atoms with Gasteiger partial charge in [0.2, 0.25) is 0 Å². The van der Waals surface area contributed by atoms with Crippen molar-refractivity contribution in [2.45, 2.75) is 12.4 Å². The van der Waals surface area contributed by atoms with Crippen LogP contribution in [0.4, 0.5) is 4.39 Å². The van der Waals surface area contributed by atoms with Crippen LogP contribution >= 0.6 is 11.3 Å². The highest BCUT2D eigenvalue weighted by Crippen LogP contribution is 2.35. The van der Waals surface area contributed by atoms with Crippen LogP contribution in [0.15, 0.2) is 35.7 Å². The molecule has 0 saturated carbocycles. The Morgan fingerprint density at radius 2 is 1.79 bits per heavy atom. The highest BCUT2D eigenvalue weighted by Gasteiger charge is 2.23. The summed E-state index contributed by atoms with van der Waals surface area (Å²) in [6.07, 6.45) is -1.59. The number of hydrogen-bond donors (Lipinski definition) is 1. The van der Waals surface area contributed by atoms with Gasteiger partial charge in [-0.05, 0) is 17.5 Å². The van der Waals surface area contributed by atoms with Gasteiger partial charge in [0.05, 0.1) is 0 Å². The molecular weight excluding hydrogens is 267 g/mol. The second-order valence-corrected chi connectivity index (χ2v) is 4.92. The van der Waals surface area contributed by atoms with Crippen molar-refractivity contribution < 1.29 is 19.0 Å². The molecule has 1 atom stereocenters. The molecule has 5 heteroatoms. The van der Waals surface area contributed by atoms with Crippen LogP contribution in [0.5, 0.6) is 0 Å². The summed E-state index contributed by atoms with van der Waals surface area (Å²) in [5, 5.41) is 12.2. The minimum Gasteiger partial charge on any atom is -0.383 e. The Labute approximate surface area is 115 Å². The molecule has 1 N–H and O–H groups in total. The van der Waals surface area contributed by atoms with E-state index in [0.717, 1.165) is 0 Å². The molecule has 1 unspecified atom stereocenters. The maximum absolute atomic E-state index is 13.7. The zero-order valence-corrected chi connectivity index (χ0v) is 11.5. The standard InChI is InChI=1S/C14H15FO3S/c1-17-14(18-2)10-7-8-19-13(10)12(16)9-5-3-4-6-11(9)15/h3-8,12,14,16H,1-2H3. The topological polar surface area (TPSA) is 38.7 Å². The van der Waals surface area contributed by atoms with Crippen molar-refractivity contribution in [3.8, 4) is 0 Å².